The molecule has 1 amide bonds. The highest BCUT2D eigenvalue weighted by Crippen LogP contribution is 2.61. The number of aldehydes is 1. The highest BCUT2D eigenvalue weighted by Gasteiger charge is 2.74. The average molecular weight is 670 g/mol. The second-order valence-electron chi connectivity index (χ2n) is 11.6. The summed E-state index contributed by atoms with van der Waals surface area (Å²) in [6.45, 7) is 0.110. The van der Waals surface area contributed by atoms with Gasteiger partial charge in [-0.2, -0.15) is 26.3 Å². The predicted molar refractivity (Wildman–Crippen MR) is 140 cm³/mol. The van der Waals surface area contributed by atoms with E-state index in [4.69, 9.17) is 4.74 Å². The molecule has 4 atom stereocenters. The summed E-state index contributed by atoms with van der Waals surface area (Å²) in [6.07, 6.45) is -13.7. The first kappa shape index (κ1) is 33.3. The first-order valence-electron chi connectivity index (χ1n) is 13.9. The van der Waals surface area contributed by atoms with E-state index in [0.29, 0.717) is 12.1 Å². The van der Waals surface area contributed by atoms with Gasteiger partial charge in [0.2, 0.25) is 0 Å². The van der Waals surface area contributed by atoms with E-state index in [1.54, 1.807) is 0 Å². The van der Waals surface area contributed by atoms with Gasteiger partial charge in [-0.25, -0.2) is 17.2 Å². The molecular weight excluding hydrogens is 642 g/mol. The molecule has 246 valence electrons. The number of aliphatic hydroxyl groups is 1. The van der Waals surface area contributed by atoms with Crippen LogP contribution in [0.1, 0.15) is 42.4 Å². The van der Waals surface area contributed by atoms with E-state index in [1.807, 2.05) is 0 Å². The Morgan fingerprint density at radius 2 is 1.58 bits per heavy atom. The lowest BCUT2D eigenvalue weighted by Gasteiger charge is -2.44. The zero-order valence-electron chi connectivity index (χ0n) is 23.2. The minimum Gasteiger partial charge on any atom is -0.381 e. The smallest absolute Gasteiger partial charge is 0.381 e. The highest BCUT2D eigenvalue weighted by atomic mass is 32.2. The van der Waals surface area contributed by atoms with Crippen LogP contribution in [0.25, 0.3) is 0 Å². The molecule has 2 fully saturated rings. The van der Waals surface area contributed by atoms with Gasteiger partial charge in [0.15, 0.2) is 9.84 Å². The molecule has 2 aromatic rings. The van der Waals surface area contributed by atoms with Gasteiger partial charge in [0.25, 0.3) is 5.91 Å². The van der Waals surface area contributed by atoms with E-state index in [1.165, 1.54) is 0 Å². The number of amides is 1. The van der Waals surface area contributed by atoms with Crippen molar-refractivity contribution in [3.05, 3.63) is 65.0 Å². The minimum absolute atomic E-state index is 0.0550. The minimum atomic E-state index is -6.42. The van der Waals surface area contributed by atoms with Gasteiger partial charge in [-0.05, 0) is 54.7 Å². The van der Waals surface area contributed by atoms with Crippen molar-refractivity contribution in [3.63, 3.8) is 0 Å². The van der Waals surface area contributed by atoms with Gasteiger partial charge in [0, 0.05) is 49.5 Å². The quantitative estimate of drug-likeness (QED) is 0.265. The van der Waals surface area contributed by atoms with Gasteiger partial charge in [0.1, 0.15) is 22.5 Å². The second kappa shape index (κ2) is 11.0. The molecule has 1 unspecified atom stereocenters. The van der Waals surface area contributed by atoms with Crippen LogP contribution in [0, 0.1) is 17.7 Å². The number of aryl methyl sites for hydroxylation is 1. The van der Waals surface area contributed by atoms with Crippen LogP contribution in [0.15, 0.2) is 47.4 Å². The Morgan fingerprint density at radius 1 is 0.978 bits per heavy atom. The summed E-state index contributed by atoms with van der Waals surface area (Å²) in [7, 11) is -4.84. The maximum absolute atomic E-state index is 15.0. The fourth-order valence-electron chi connectivity index (χ4n) is 7.10. The second-order valence-corrected chi connectivity index (χ2v) is 13.8. The summed E-state index contributed by atoms with van der Waals surface area (Å²) in [4.78, 5) is 25.4. The van der Waals surface area contributed by atoms with Crippen molar-refractivity contribution in [1.82, 2.24) is 5.32 Å². The van der Waals surface area contributed by atoms with Crippen LogP contribution in [-0.2, 0) is 41.0 Å². The molecule has 16 heteroatoms. The molecule has 5 rings (SSSR count). The lowest BCUT2D eigenvalue weighted by molar-refractivity contribution is -0.348. The van der Waals surface area contributed by atoms with Gasteiger partial charge >= 0.3 is 18.0 Å². The van der Waals surface area contributed by atoms with Crippen LogP contribution in [-0.4, -0.2) is 62.9 Å². The third kappa shape index (κ3) is 4.94. The summed E-state index contributed by atoms with van der Waals surface area (Å²) in [6, 6.07) is 3.50. The maximum Gasteiger partial charge on any atom is 0.435 e. The Morgan fingerprint density at radius 3 is 2.13 bits per heavy atom. The van der Waals surface area contributed by atoms with Crippen molar-refractivity contribution in [3.8, 4) is 0 Å². The fraction of sp³-hybridized carbons (Fsp3) is 0.517. The fourth-order valence-corrected chi connectivity index (χ4v) is 9.71. The number of hydrogen-bond donors (Lipinski definition) is 2. The molecule has 0 radical (unpaired) electrons. The molecule has 1 heterocycles. The monoisotopic (exact) mass is 669 g/mol. The number of sulfone groups is 1. The van der Waals surface area contributed by atoms with Crippen LogP contribution < -0.4 is 5.32 Å². The normalized spacial score (nSPS) is 26.9. The van der Waals surface area contributed by atoms with Crippen LogP contribution in [0.3, 0.4) is 0 Å². The number of nitrogens with one attached hydrogen (secondary N) is 1. The number of benzene rings is 2. The largest absolute Gasteiger partial charge is 0.435 e. The molecule has 2 N–H and O–H groups in total. The standard InChI is InChI=1S/C29H27F8NO6S/c30-19-3-5-20(6-4-19)45(42,43)26-18(15-39)14-23(38-24(40)25(41)9-11-44-12-10-25)22(26)7-1-16-13-17(2-8-21(16)26)27(31,28(32,33)34)29(35,36)37/h2-6,8,13,15,18,22-23,41H,1,7,9-12,14H2,(H,38,40)/t18?,22-,23+,26-/m0/s1. The van der Waals surface area contributed by atoms with Crippen molar-refractivity contribution in [2.24, 2.45) is 11.8 Å². The van der Waals surface area contributed by atoms with E-state index in [9.17, 15) is 53.8 Å². The molecule has 0 aromatic heterocycles. The number of rotatable bonds is 6. The lowest BCUT2D eigenvalue weighted by atomic mass is 9.71. The Labute approximate surface area is 251 Å². The number of carbonyl (C=O) groups excluding carboxylic acids is 2. The summed E-state index contributed by atoms with van der Waals surface area (Å²) in [5.41, 5.74) is -10.2. The molecule has 0 spiro atoms. The third-order valence-corrected chi connectivity index (χ3v) is 11.9. The predicted octanol–water partition coefficient (Wildman–Crippen LogP) is 4.59. The van der Waals surface area contributed by atoms with Gasteiger partial charge in [0.05, 0.1) is 4.90 Å². The third-order valence-electron chi connectivity index (χ3n) is 9.32. The maximum atomic E-state index is 15.0. The molecule has 3 aliphatic rings. The zero-order chi connectivity index (χ0) is 33.2. The molecule has 7 nitrogen and oxygen atoms in total. The van der Waals surface area contributed by atoms with E-state index in [-0.39, 0.29) is 68.8 Å². The van der Waals surface area contributed by atoms with Crippen molar-refractivity contribution in [2.75, 3.05) is 13.2 Å². The summed E-state index contributed by atoms with van der Waals surface area (Å²) < 4.78 is 142. The number of alkyl halides is 7. The molecule has 2 aliphatic carbocycles. The van der Waals surface area contributed by atoms with Crippen molar-refractivity contribution >= 4 is 22.0 Å². The highest BCUT2D eigenvalue weighted by molar-refractivity contribution is 7.92. The van der Waals surface area contributed by atoms with Crippen LogP contribution in [0.4, 0.5) is 35.1 Å². The van der Waals surface area contributed by atoms with Gasteiger partial charge in [-0.1, -0.05) is 18.2 Å². The Hall–Kier alpha value is -3.11. The van der Waals surface area contributed by atoms with Crippen molar-refractivity contribution < 1.29 is 63.0 Å². The van der Waals surface area contributed by atoms with Crippen LogP contribution in [0.5, 0.6) is 0 Å². The van der Waals surface area contributed by atoms with Gasteiger partial charge in [-0.3, -0.25) is 4.79 Å². The van der Waals surface area contributed by atoms with E-state index in [2.05, 4.69) is 5.32 Å². The Balaban J connectivity index is 1.70. The van der Waals surface area contributed by atoms with Crippen molar-refractivity contribution in [1.29, 1.82) is 0 Å². The molecule has 45 heavy (non-hydrogen) atoms. The summed E-state index contributed by atoms with van der Waals surface area (Å²) in [5.74, 6) is -4.39. The number of ether oxygens (including phenoxy) is 1. The van der Waals surface area contributed by atoms with Crippen LogP contribution in [0.2, 0.25) is 0 Å². The number of halogens is 8. The van der Waals surface area contributed by atoms with Crippen LogP contribution >= 0.6 is 0 Å². The molecular formula is C29H27F8NO6S. The zero-order valence-corrected chi connectivity index (χ0v) is 24.0. The van der Waals surface area contributed by atoms with E-state index >= 15 is 4.39 Å². The average Bonchev–Trinajstić information content (AvgIpc) is 3.30. The Kier molecular flexibility index (Phi) is 8.13. The van der Waals surface area contributed by atoms with E-state index in [0.717, 1.165) is 24.3 Å². The SMILES string of the molecule is O=CC1C[C@@H](NC(=O)C2(O)CCOCC2)[C@@H]2CCc3cc(C(F)(C(F)(F)F)C(F)(F)F)ccc3[C@@]12S(=O)(=O)c1ccc(F)cc1. The summed E-state index contributed by atoms with van der Waals surface area (Å²) >= 11 is 0. The number of hydrogen-bond acceptors (Lipinski definition) is 6. The lowest BCUT2D eigenvalue weighted by Crippen LogP contribution is -2.56. The van der Waals surface area contributed by atoms with E-state index < -0.39 is 78.3 Å². The van der Waals surface area contributed by atoms with Crippen molar-refractivity contribution in [2.45, 2.75) is 71.4 Å². The number of carbonyl (C=O) groups is 2. The molecule has 0 bridgehead atoms. The molecule has 1 saturated heterocycles. The molecule has 1 saturated carbocycles. The Bertz CT molecular complexity index is 1570. The topological polar surface area (TPSA) is 110 Å². The number of fused-ring (bicyclic) bond motifs is 3. The molecule has 1 aliphatic heterocycles. The first-order valence-corrected chi connectivity index (χ1v) is 15.4. The van der Waals surface area contributed by atoms with Gasteiger partial charge < -0.3 is 20.0 Å². The summed E-state index contributed by atoms with van der Waals surface area (Å²) in [5, 5.41) is 13.5. The molecule has 2 aromatic carbocycles. The first-order chi connectivity index (χ1) is 20.8. The van der Waals surface area contributed by atoms with Gasteiger partial charge in [-0.15, -0.1) is 0 Å².